The Hall–Kier alpha value is -0.830. The summed E-state index contributed by atoms with van der Waals surface area (Å²) in [5, 5.41) is 3.31. The van der Waals surface area contributed by atoms with Gasteiger partial charge in [-0.05, 0) is 19.4 Å². The predicted molar refractivity (Wildman–Crippen MR) is 53.5 cm³/mol. The zero-order chi connectivity index (χ0) is 9.68. The summed E-state index contributed by atoms with van der Waals surface area (Å²) in [5.74, 6) is 0.208. The standard InChI is InChI=1S/C10H18N2O/c1-3-7-12(2)10(13)8-9-5-4-6-11-9/h3,9,11H,1,4-8H2,2H3. The summed E-state index contributed by atoms with van der Waals surface area (Å²) >= 11 is 0. The van der Waals surface area contributed by atoms with Crippen LogP contribution in [0.5, 0.6) is 0 Å². The molecule has 1 fully saturated rings. The maximum Gasteiger partial charge on any atom is 0.224 e. The molecule has 0 radical (unpaired) electrons. The molecular formula is C10H18N2O. The lowest BCUT2D eigenvalue weighted by atomic mass is 10.1. The molecule has 1 amide bonds. The summed E-state index contributed by atoms with van der Waals surface area (Å²) in [4.78, 5) is 13.2. The minimum absolute atomic E-state index is 0.208. The number of carbonyl (C=O) groups excluding carboxylic acids is 1. The van der Waals surface area contributed by atoms with Crippen molar-refractivity contribution in [2.75, 3.05) is 20.1 Å². The number of nitrogens with one attached hydrogen (secondary N) is 1. The highest BCUT2D eigenvalue weighted by Gasteiger charge is 2.18. The van der Waals surface area contributed by atoms with Gasteiger partial charge in [0.25, 0.3) is 0 Å². The number of amides is 1. The SMILES string of the molecule is C=CCN(C)C(=O)CC1CCCN1. The quantitative estimate of drug-likeness (QED) is 0.651. The van der Waals surface area contributed by atoms with Crippen molar-refractivity contribution in [2.24, 2.45) is 0 Å². The molecule has 1 atom stereocenters. The second-order valence-corrected chi connectivity index (χ2v) is 3.56. The van der Waals surface area contributed by atoms with Crippen LogP contribution in [0, 0.1) is 0 Å². The highest BCUT2D eigenvalue weighted by Crippen LogP contribution is 2.09. The third kappa shape index (κ3) is 3.19. The lowest BCUT2D eigenvalue weighted by molar-refractivity contribution is -0.129. The van der Waals surface area contributed by atoms with Gasteiger partial charge < -0.3 is 10.2 Å². The average Bonchev–Trinajstić information content (AvgIpc) is 2.57. The number of rotatable bonds is 4. The van der Waals surface area contributed by atoms with E-state index in [1.165, 1.54) is 6.42 Å². The fourth-order valence-electron chi connectivity index (χ4n) is 1.59. The van der Waals surface area contributed by atoms with Gasteiger partial charge in [0.1, 0.15) is 0 Å². The van der Waals surface area contributed by atoms with Crippen molar-refractivity contribution in [3.8, 4) is 0 Å². The van der Waals surface area contributed by atoms with Crippen molar-refractivity contribution < 1.29 is 4.79 Å². The fourth-order valence-corrected chi connectivity index (χ4v) is 1.59. The van der Waals surface area contributed by atoms with Gasteiger partial charge in [-0.1, -0.05) is 6.08 Å². The molecule has 1 saturated heterocycles. The molecule has 3 nitrogen and oxygen atoms in total. The minimum atomic E-state index is 0.208. The molecule has 1 rings (SSSR count). The smallest absolute Gasteiger partial charge is 0.224 e. The Balaban J connectivity index is 2.26. The number of hydrogen-bond acceptors (Lipinski definition) is 2. The third-order valence-electron chi connectivity index (χ3n) is 2.41. The fraction of sp³-hybridized carbons (Fsp3) is 0.700. The number of likely N-dealkylation sites (N-methyl/N-ethyl adjacent to an activating group) is 1. The first-order valence-electron chi connectivity index (χ1n) is 4.82. The number of carbonyl (C=O) groups is 1. The second kappa shape index (κ2) is 5.02. The number of nitrogens with zero attached hydrogens (tertiary/aromatic N) is 1. The van der Waals surface area contributed by atoms with Crippen LogP contribution in [0.15, 0.2) is 12.7 Å². The van der Waals surface area contributed by atoms with Crippen molar-refractivity contribution in [1.29, 1.82) is 0 Å². The van der Waals surface area contributed by atoms with E-state index in [1.807, 2.05) is 7.05 Å². The van der Waals surface area contributed by atoms with Crippen LogP contribution >= 0.6 is 0 Å². The maximum absolute atomic E-state index is 11.5. The lowest BCUT2D eigenvalue weighted by Gasteiger charge is -2.17. The second-order valence-electron chi connectivity index (χ2n) is 3.56. The van der Waals surface area contributed by atoms with Gasteiger partial charge in [-0.2, -0.15) is 0 Å². The molecule has 3 heteroatoms. The Morgan fingerprint density at radius 3 is 3.08 bits per heavy atom. The third-order valence-corrected chi connectivity index (χ3v) is 2.41. The molecule has 74 valence electrons. The summed E-state index contributed by atoms with van der Waals surface area (Å²) in [6, 6.07) is 0.403. The van der Waals surface area contributed by atoms with E-state index in [1.54, 1.807) is 11.0 Å². The first kappa shape index (κ1) is 10.3. The van der Waals surface area contributed by atoms with E-state index in [0.717, 1.165) is 13.0 Å². The first-order valence-corrected chi connectivity index (χ1v) is 4.82. The molecule has 0 saturated carbocycles. The molecule has 1 heterocycles. The van der Waals surface area contributed by atoms with Gasteiger partial charge in [0.05, 0.1) is 0 Å². The van der Waals surface area contributed by atoms with Crippen LogP contribution in [0.1, 0.15) is 19.3 Å². The number of hydrogen-bond donors (Lipinski definition) is 1. The Morgan fingerprint density at radius 2 is 2.54 bits per heavy atom. The summed E-state index contributed by atoms with van der Waals surface area (Å²) in [5.41, 5.74) is 0. The summed E-state index contributed by atoms with van der Waals surface area (Å²) in [6.07, 6.45) is 4.71. The van der Waals surface area contributed by atoms with Crippen LogP contribution in [0.4, 0.5) is 0 Å². The summed E-state index contributed by atoms with van der Waals surface area (Å²) in [7, 11) is 1.82. The van der Waals surface area contributed by atoms with Crippen LogP contribution in [-0.4, -0.2) is 37.0 Å². The van der Waals surface area contributed by atoms with Crippen LogP contribution in [0.3, 0.4) is 0 Å². The lowest BCUT2D eigenvalue weighted by Crippen LogP contribution is -2.33. The zero-order valence-corrected chi connectivity index (χ0v) is 8.25. The Kier molecular flexibility index (Phi) is 3.96. The molecule has 0 aromatic rings. The maximum atomic E-state index is 11.5. The van der Waals surface area contributed by atoms with Gasteiger partial charge in [-0.15, -0.1) is 6.58 Å². The van der Waals surface area contributed by atoms with Crippen molar-refractivity contribution in [3.63, 3.8) is 0 Å². The van der Waals surface area contributed by atoms with Crippen molar-refractivity contribution >= 4 is 5.91 Å². The Bertz CT molecular complexity index is 185. The molecule has 0 aromatic heterocycles. The molecule has 1 unspecified atom stereocenters. The monoisotopic (exact) mass is 182 g/mol. The van der Waals surface area contributed by atoms with E-state index in [-0.39, 0.29) is 5.91 Å². The average molecular weight is 182 g/mol. The highest BCUT2D eigenvalue weighted by molar-refractivity contribution is 5.76. The van der Waals surface area contributed by atoms with Gasteiger partial charge in [0.15, 0.2) is 0 Å². The Labute approximate surface area is 79.8 Å². The molecule has 1 aliphatic rings. The first-order chi connectivity index (χ1) is 6.24. The van der Waals surface area contributed by atoms with Gasteiger partial charge in [-0.3, -0.25) is 4.79 Å². The summed E-state index contributed by atoms with van der Waals surface area (Å²) < 4.78 is 0. The zero-order valence-electron chi connectivity index (χ0n) is 8.25. The van der Waals surface area contributed by atoms with E-state index in [4.69, 9.17) is 0 Å². The normalized spacial score (nSPS) is 21.5. The van der Waals surface area contributed by atoms with Gasteiger partial charge in [-0.25, -0.2) is 0 Å². The van der Waals surface area contributed by atoms with Crippen molar-refractivity contribution in [3.05, 3.63) is 12.7 Å². The van der Waals surface area contributed by atoms with Gasteiger partial charge in [0.2, 0.25) is 5.91 Å². The molecule has 1 N–H and O–H groups in total. The molecule has 1 aliphatic heterocycles. The van der Waals surface area contributed by atoms with Crippen molar-refractivity contribution in [1.82, 2.24) is 10.2 Å². The summed E-state index contributed by atoms with van der Waals surface area (Å²) in [6.45, 7) is 5.31. The van der Waals surface area contributed by atoms with E-state index in [0.29, 0.717) is 19.0 Å². The molecule has 0 aliphatic carbocycles. The van der Waals surface area contributed by atoms with Gasteiger partial charge in [0, 0.05) is 26.1 Å². The van der Waals surface area contributed by atoms with E-state index < -0.39 is 0 Å². The topological polar surface area (TPSA) is 32.3 Å². The van der Waals surface area contributed by atoms with Crippen LogP contribution in [0.2, 0.25) is 0 Å². The van der Waals surface area contributed by atoms with E-state index >= 15 is 0 Å². The highest BCUT2D eigenvalue weighted by atomic mass is 16.2. The van der Waals surface area contributed by atoms with Crippen LogP contribution in [0.25, 0.3) is 0 Å². The largest absolute Gasteiger partial charge is 0.342 e. The Morgan fingerprint density at radius 1 is 1.77 bits per heavy atom. The molecule has 0 aromatic carbocycles. The minimum Gasteiger partial charge on any atom is -0.342 e. The van der Waals surface area contributed by atoms with E-state index in [9.17, 15) is 4.79 Å². The molecular weight excluding hydrogens is 164 g/mol. The molecule has 0 bridgehead atoms. The predicted octanol–water partition coefficient (Wildman–Crippen LogP) is 0.773. The van der Waals surface area contributed by atoms with Crippen molar-refractivity contribution in [2.45, 2.75) is 25.3 Å². The van der Waals surface area contributed by atoms with E-state index in [2.05, 4.69) is 11.9 Å². The van der Waals surface area contributed by atoms with Gasteiger partial charge >= 0.3 is 0 Å². The van der Waals surface area contributed by atoms with Crippen LogP contribution < -0.4 is 5.32 Å². The molecule has 13 heavy (non-hydrogen) atoms. The molecule has 0 spiro atoms. The van der Waals surface area contributed by atoms with Crippen LogP contribution in [-0.2, 0) is 4.79 Å².